The van der Waals surface area contributed by atoms with Gasteiger partial charge in [-0.1, -0.05) is 46.4 Å². The van der Waals surface area contributed by atoms with Gasteiger partial charge in [0.15, 0.2) is 5.56 Å². The molecule has 0 saturated carbocycles. The first kappa shape index (κ1) is 18.3. The summed E-state index contributed by atoms with van der Waals surface area (Å²) < 4.78 is 25.3. The molecular formula is C8H15Cl4O4P. The van der Waals surface area contributed by atoms with Crippen molar-refractivity contribution in [3.63, 3.8) is 0 Å². The van der Waals surface area contributed by atoms with Gasteiger partial charge in [0.2, 0.25) is 3.79 Å². The number of hydrogen-bond acceptors (Lipinski definition) is 4. The molecule has 0 N–H and O–H groups in total. The smallest absolute Gasteiger partial charge is 0.284 e. The first-order valence-corrected chi connectivity index (χ1v) is 7.85. The Balaban J connectivity index is 4.76. The van der Waals surface area contributed by atoms with Crippen molar-refractivity contribution in [1.29, 1.82) is 0 Å². The third-order valence-corrected chi connectivity index (χ3v) is 4.46. The number of phosphoric ester groups is 1. The lowest BCUT2D eigenvalue weighted by Crippen LogP contribution is -2.24. The molecule has 0 aliphatic heterocycles. The third kappa shape index (κ3) is 8.12. The summed E-state index contributed by atoms with van der Waals surface area (Å²) in [6, 6.07) is 0. The van der Waals surface area contributed by atoms with Gasteiger partial charge in [-0.2, -0.15) is 0 Å². The molecule has 0 amide bonds. The molecule has 4 nitrogen and oxygen atoms in total. The van der Waals surface area contributed by atoms with Crippen LogP contribution in [0.1, 0.15) is 27.7 Å². The molecule has 0 fully saturated rings. The lowest BCUT2D eigenvalue weighted by molar-refractivity contribution is 0.0656. The minimum absolute atomic E-state index is 0.390. The van der Waals surface area contributed by atoms with E-state index in [1.54, 1.807) is 27.7 Å². The summed E-state index contributed by atoms with van der Waals surface area (Å²) in [5, 5.41) is 0. The van der Waals surface area contributed by atoms with E-state index in [2.05, 4.69) is 0 Å². The molecule has 17 heavy (non-hydrogen) atoms. The third-order valence-electron chi connectivity index (χ3n) is 1.16. The summed E-state index contributed by atoms with van der Waals surface area (Å²) in [6.07, 6.45) is -0.780. The molecule has 0 aliphatic rings. The predicted molar refractivity (Wildman–Crippen MR) is 71.1 cm³/mol. The van der Waals surface area contributed by atoms with Crippen LogP contribution in [0.25, 0.3) is 0 Å². The molecule has 0 bridgehead atoms. The highest BCUT2D eigenvalue weighted by molar-refractivity contribution is 7.48. The van der Waals surface area contributed by atoms with E-state index in [0.717, 1.165) is 0 Å². The van der Waals surface area contributed by atoms with Crippen LogP contribution >= 0.6 is 54.2 Å². The van der Waals surface area contributed by atoms with Gasteiger partial charge in [0.25, 0.3) is 0 Å². The van der Waals surface area contributed by atoms with E-state index in [4.69, 9.17) is 60.0 Å². The summed E-state index contributed by atoms with van der Waals surface area (Å²) in [5.41, 5.74) is -1.45. The highest BCUT2D eigenvalue weighted by Crippen LogP contribution is 2.55. The number of phosphoric acid groups is 1. The second kappa shape index (κ2) is 7.16. The van der Waals surface area contributed by atoms with Crippen LogP contribution in [-0.2, 0) is 18.1 Å². The van der Waals surface area contributed by atoms with Crippen LogP contribution in [-0.4, -0.2) is 21.6 Å². The van der Waals surface area contributed by atoms with Gasteiger partial charge in [-0.3, -0.25) is 13.6 Å². The average Bonchev–Trinajstić information content (AvgIpc) is 1.96. The SMILES string of the molecule is CC(C)OP(=O)(OC(C)C)OC(Cl)C(Cl)(Cl)Cl. The summed E-state index contributed by atoms with van der Waals surface area (Å²) in [6.45, 7) is 6.66. The Morgan fingerprint density at radius 3 is 1.53 bits per heavy atom. The van der Waals surface area contributed by atoms with Crippen LogP contribution in [0.2, 0.25) is 0 Å². The first-order valence-electron chi connectivity index (χ1n) is 4.82. The fraction of sp³-hybridized carbons (Fsp3) is 1.00. The maximum atomic E-state index is 12.2. The van der Waals surface area contributed by atoms with Crippen molar-refractivity contribution in [3.8, 4) is 0 Å². The monoisotopic (exact) mass is 346 g/mol. The van der Waals surface area contributed by atoms with Gasteiger partial charge < -0.3 is 0 Å². The molecule has 104 valence electrons. The van der Waals surface area contributed by atoms with Crippen LogP contribution in [0, 0.1) is 0 Å². The van der Waals surface area contributed by atoms with Crippen molar-refractivity contribution < 1.29 is 18.1 Å². The lowest BCUT2D eigenvalue weighted by atomic mass is 10.5. The van der Waals surface area contributed by atoms with E-state index in [0.29, 0.717) is 0 Å². The average molecular weight is 348 g/mol. The predicted octanol–water partition coefficient (Wildman–Crippen LogP) is 4.90. The molecule has 0 spiro atoms. The van der Waals surface area contributed by atoms with Crippen LogP contribution in [0.15, 0.2) is 0 Å². The first-order chi connectivity index (χ1) is 7.46. The quantitative estimate of drug-likeness (QED) is 0.506. The zero-order valence-corrected chi connectivity index (χ0v) is 13.7. The molecular weight excluding hydrogens is 333 g/mol. The van der Waals surface area contributed by atoms with Crippen LogP contribution in [0.5, 0.6) is 0 Å². The van der Waals surface area contributed by atoms with E-state index in [1.165, 1.54) is 0 Å². The molecule has 0 saturated heterocycles. The van der Waals surface area contributed by atoms with E-state index in [9.17, 15) is 4.57 Å². The molecule has 0 heterocycles. The van der Waals surface area contributed by atoms with Crippen molar-refractivity contribution >= 4 is 54.2 Å². The normalized spacial score (nSPS) is 15.6. The number of rotatable bonds is 6. The summed E-state index contributed by atoms with van der Waals surface area (Å²) >= 11 is 22.2. The zero-order valence-electron chi connectivity index (χ0n) is 9.82. The Morgan fingerprint density at radius 1 is 0.941 bits per heavy atom. The van der Waals surface area contributed by atoms with E-state index < -0.39 is 17.2 Å². The Kier molecular flexibility index (Phi) is 7.69. The number of halogens is 4. The standard InChI is InChI=1S/C8H15Cl4O4P/c1-5(2)14-17(13,15-6(3)4)16-7(9)8(10,11)12/h5-7H,1-4H3. The van der Waals surface area contributed by atoms with Gasteiger partial charge in [0.05, 0.1) is 12.2 Å². The molecule has 1 unspecified atom stereocenters. The molecule has 0 aliphatic carbocycles. The zero-order chi connectivity index (χ0) is 13.9. The van der Waals surface area contributed by atoms with Gasteiger partial charge in [0, 0.05) is 0 Å². The highest BCUT2D eigenvalue weighted by atomic mass is 35.6. The molecule has 0 radical (unpaired) electrons. The fourth-order valence-corrected chi connectivity index (χ4v) is 2.94. The van der Waals surface area contributed by atoms with Gasteiger partial charge in [-0.25, -0.2) is 4.57 Å². The van der Waals surface area contributed by atoms with Crippen LogP contribution < -0.4 is 0 Å². The van der Waals surface area contributed by atoms with Crippen molar-refractivity contribution in [2.45, 2.75) is 49.3 Å². The van der Waals surface area contributed by atoms with Gasteiger partial charge in [-0.05, 0) is 27.7 Å². The maximum absolute atomic E-state index is 12.2. The van der Waals surface area contributed by atoms with Crippen LogP contribution in [0.4, 0.5) is 0 Å². The molecule has 1 atom stereocenters. The second-order valence-electron chi connectivity index (χ2n) is 3.72. The van der Waals surface area contributed by atoms with E-state index >= 15 is 0 Å². The topological polar surface area (TPSA) is 44.8 Å². The Hall–Kier alpha value is 1.27. The van der Waals surface area contributed by atoms with E-state index in [-0.39, 0.29) is 12.2 Å². The Labute approximate surface area is 121 Å². The van der Waals surface area contributed by atoms with E-state index in [1.807, 2.05) is 0 Å². The maximum Gasteiger partial charge on any atom is 0.476 e. The van der Waals surface area contributed by atoms with Crippen LogP contribution in [0.3, 0.4) is 0 Å². The van der Waals surface area contributed by atoms with Crippen molar-refractivity contribution in [2.75, 3.05) is 0 Å². The minimum Gasteiger partial charge on any atom is -0.284 e. The summed E-state index contributed by atoms with van der Waals surface area (Å²) in [5.74, 6) is 0. The minimum atomic E-state index is -3.87. The second-order valence-corrected chi connectivity index (χ2v) is 8.01. The molecule has 0 aromatic heterocycles. The molecule has 9 heteroatoms. The fourth-order valence-electron chi connectivity index (χ4n) is 0.764. The number of alkyl halides is 4. The van der Waals surface area contributed by atoms with Gasteiger partial charge >= 0.3 is 7.82 Å². The molecule has 0 aromatic carbocycles. The molecule has 0 rings (SSSR count). The number of hydrogen-bond donors (Lipinski definition) is 0. The largest absolute Gasteiger partial charge is 0.476 e. The summed E-state index contributed by atoms with van der Waals surface area (Å²) in [4.78, 5) is 0. The lowest BCUT2D eigenvalue weighted by Gasteiger charge is -2.26. The Bertz CT molecular complexity index is 265. The highest BCUT2D eigenvalue weighted by Gasteiger charge is 2.41. The van der Waals surface area contributed by atoms with Crippen molar-refractivity contribution in [1.82, 2.24) is 0 Å². The Morgan fingerprint density at radius 2 is 1.29 bits per heavy atom. The van der Waals surface area contributed by atoms with Crippen molar-refractivity contribution in [2.24, 2.45) is 0 Å². The summed E-state index contributed by atoms with van der Waals surface area (Å²) in [7, 11) is -3.87. The van der Waals surface area contributed by atoms with Gasteiger partial charge in [-0.15, -0.1) is 0 Å². The molecule has 0 aromatic rings. The van der Waals surface area contributed by atoms with Gasteiger partial charge in [0.1, 0.15) is 0 Å². The van der Waals surface area contributed by atoms with Crippen molar-refractivity contribution in [3.05, 3.63) is 0 Å².